The lowest BCUT2D eigenvalue weighted by atomic mass is 10.2. The standard InChI is InChI=1S/C13H19BrN2O3S/c1-11-10-19-13(8-14)9-16(11)20(17,18)7-5-12-4-2-3-6-15-12/h2-4,6,11,13H,5,7-10H2,1H3. The SMILES string of the molecule is CC1COC(CBr)CN1S(=O)(=O)CCc1ccccn1. The maximum atomic E-state index is 12.5. The number of halogens is 1. The molecule has 0 N–H and O–H groups in total. The molecule has 2 atom stereocenters. The van der Waals surface area contributed by atoms with Gasteiger partial charge in [-0.15, -0.1) is 0 Å². The van der Waals surface area contributed by atoms with Crippen LogP contribution in [0.15, 0.2) is 24.4 Å². The number of aryl methyl sites for hydroxylation is 1. The van der Waals surface area contributed by atoms with Gasteiger partial charge < -0.3 is 4.74 Å². The molecule has 0 saturated carbocycles. The Morgan fingerprint density at radius 3 is 2.95 bits per heavy atom. The number of hydrogen-bond donors (Lipinski definition) is 0. The van der Waals surface area contributed by atoms with Crippen LogP contribution in [-0.4, -0.2) is 54.1 Å². The van der Waals surface area contributed by atoms with Crippen molar-refractivity contribution in [2.45, 2.75) is 25.5 Å². The Kier molecular flexibility index (Phi) is 5.54. The first-order chi connectivity index (χ1) is 9.53. The molecular weight excluding hydrogens is 344 g/mol. The lowest BCUT2D eigenvalue weighted by Crippen LogP contribution is -2.52. The Bertz CT molecular complexity index is 524. The first-order valence-corrected chi connectivity index (χ1v) is 9.33. The molecule has 0 radical (unpaired) electrons. The molecule has 1 fully saturated rings. The fourth-order valence-electron chi connectivity index (χ4n) is 2.17. The fraction of sp³-hybridized carbons (Fsp3) is 0.615. The lowest BCUT2D eigenvalue weighted by Gasteiger charge is -2.36. The zero-order chi connectivity index (χ0) is 14.6. The number of alkyl halides is 1. The molecule has 0 bridgehead atoms. The first-order valence-electron chi connectivity index (χ1n) is 6.60. The molecule has 112 valence electrons. The summed E-state index contributed by atoms with van der Waals surface area (Å²) in [6.07, 6.45) is 2.04. The fourth-order valence-corrected chi connectivity index (χ4v) is 4.27. The molecule has 0 aromatic carbocycles. The van der Waals surface area contributed by atoms with Crippen LogP contribution in [-0.2, 0) is 21.2 Å². The van der Waals surface area contributed by atoms with Crippen LogP contribution in [0.1, 0.15) is 12.6 Å². The van der Waals surface area contributed by atoms with Gasteiger partial charge in [0.25, 0.3) is 0 Å². The molecule has 0 aliphatic carbocycles. The second-order valence-corrected chi connectivity index (χ2v) is 7.60. The van der Waals surface area contributed by atoms with Gasteiger partial charge in [0.2, 0.25) is 10.0 Å². The molecule has 0 amide bonds. The van der Waals surface area contributed by atoms with E-state index < -0.39 is 10.0 Å². The number of nitrogens with zero attached hydrogens (tertiary/aromatic N) is 2. The number of aromatic nitrogens is 1. The quantitative estimate of drug-likeness (QED) is 0.743. The second kappa shape index (κ2) is 6.98. The van der Waals surface area contributed by atoms with Crippen molar-refractivity contribution in [3.05, 3.63) is 30.1 Å². The van der Waals surface area contributed by atoms with E-state index in [1.54, 1.807) is 10.5 Å². The molecule has 2 rings (SSSR count). The molecule has 1 aliphatic heterocycles. The van der Waals surface area contributed by atoms with Crippen molar-refractivity contribution in [2.24, 2.45) is 0 Å². The van der Waals surface area contributed by atoms with Crippen molar-refractivity contribution in [1.29, 1.82) is 0 Å². The highest BCUT2D eigenvalue weighted by molar-refractivity contribution is 9.09. The van der Waals surface area contributed by atoms with Crippen LogP contribution in [0.2, 0.25) is 0 Å². The summed E-state index contributed by atoms with van der Waals surface area (Å²) in [5.74, 6) is 0.0867. The summed E-state index contributed by atoms with van der Waals surface area (Å²) in [6.45, 7) is 2.73. The number of rotatable bonds is 5. The average Bonchev–Trinajstić information content (AvgIpc) is 2.47. The van der Waals surface area contributed by atoms with Crippen LogP contribution < -0.4 is 0 Å². The van der Waals surface area contributed by atoms with E-state index >= 15 is 0 Å². The van der Waals surface area contributed by atoms with Crippen LogP contribution in [0.25, 0.3) is 0 Å². The molecular formula is C13H19BrN2O3S. The molecule has 1 aliphatic rings. The van der Waals surface area contributed by atoms with Gasteiger partial charge in [0.1, 0.15) is 0 Å². The van der Waals surface area contributed by atoms with Crippen LogP contribution >= 0.6 is 15.9 Å². The summed E-state index contributed by atoms with van der Waals surface area (Å²) in [5.41, 5.74) is 0.800. The number of hydrogen-bond acceptors (Lipinski definition) is 4. The molecule has 5 nitrogen and oxygen atoms in total. The van der Waals surface area contributed by atoms with Crippen LogP contribution in [0.4, 0.5) is 0 Å². The Balaban J connectivity index is 2.01. The summed E-state index contributed by atoms with van der Waals surface area (Å²) in [6, 6.07) is 5.43. The van der Waals surface area contributed by atoms with Crippen LogP contribution in [0.3, 0.4) is 0 Å². The molecule has 2 heterocycles. The zero-order valence-corrected chi connectivity index (χ0v) is 13.8. The van der Waals surface area contributed by atoms with Gasteiger partial charge in [0, 0.05) is 36.2 Å². The third-order valence-corrected chi connectivity index (χ3v) is 5.99. The maximum absolute atomic E-state index is 12.5. The first kappa shape index (κ1) is 15.9. The number of ether oxygens (including phenoxy) is 1. The van der Waals surface area contributed by atoms with Gasteiger partial charge >= 0.3 is 0 Å². The Morgan fingerprint density at radius 2 is 2.30 bits per heavy atom. The molecule has 1 aromatic rings. The average molecular weight is 363 g/mol. The smallest absolute Gasteiger partial charge is 0.214 e. The molecule has 1 aromatic heterocycles. The van der Waals surface area contributed by atoms with Crippen molar-refractivity contribution in [3.63, 3.8) is 0 Å². The highest BCUT2D eigenvalue weighted by atomic mass is 79.9. The molecule has 20 heavy (non-hydrogen) atoms. The minimum Gasteiger partial charge on any atom is -0.374 e. The van der Waals surface area contributed by atoms with Gasteiger partial charge in [0.05, 0.1) is 18.5 Å². The summed E-state index contributed by atoms with van der Waals surface area (Å²) in [5, 5.41) is 0.645. The minimum atomic E-state index is -3.28. The lowest BCUT2D eigenvalue weighted by molar-refractivity contribution is -0.0139. The van der Waals surface area contributed by atoms with Gasteiger partial charge in [-0.1, -0.05) is 22.0 Å². The van der Waals surface area contributed by atoms with Gasteiger partial charge in [-0.2, -0.15) is 4.31 Å². The molecule has 2 unspecified atom stereocenters. The predicted molar refractivity (Wildman–Crippen MR) is 81.4 cm³/mol. The Labute approximate surface area is 128 Å². The van der Waals surface area contributed by atoms with Gasteiger partial charge in [-0.3, -0.25) is 4.98 Å². The van der Waals surface area contributed by atoms with Crippen molar-refractivity contribution in [1.82, 2.24) is 9.29 Å². The third kappa shape index (κ3) is 4.00. The molecule has 0 spiro atoms. The van der Waals surface area contributed by atoms with E-state index in [-0.39, 0.29) is 17.9 Å². The minimum absolute atomic E-state index is 0.0733. The van der Waals surface area contributed by atoms with E-state index in [2.05, 4.69) is 20.9 Å². The normalized spacial score (nSPS) is 24.7. The monoisotopic (exact) mass is 362 g/mol. The Morgan fingerprint density at radius 1 is 1.50 bits per heavy atom. The van der Waals surface area contributed by atoms with E-state index in [1.165, 1.54) is 0 Å². The Hall–Kier alpha value is -0.500. The molecule has 7 heteroatoms. The molecule has 1 saturated heterocycles. The number of pyridine rings is 1. The van der Waals surface area contributed by atoms with Crippen molar-refractivity contribution < 1.29 is 13.2 Å². The van der Waals surface area contributed by atoms with Crippen molar-refractivity contribution in [3.8, 4) is 0 Å². The van der Waals surface area contributed by atoms with E-state index in [4.69, 9.17) is 4.74 Å². The largest absolute Gasteiger partial charge is 0.374 e. The topological polar surface area (TPSA) is 59.5 Å². The number of morpholine rings is 1. The summed E-state index contributed by atoms with van der Waals surface area (Å²) < 4.78 is 32.0. The van der Waals surface area contributed by atoms with Crippen molar-refractivity contribution in [2.75, 3.05) is 24.2 Å². The van der Waals surface area contributed by atoms with Gasteiger partial charge in [-0.05, 0) is 19.1 Å². The highest BCUT2D eigenvalue weighted by Gasteiger charge is 2.33. The van der Waals surface area contributed by atoms with Crippen molar-refractivity contribution >= 4 is 26.0 Å². The van der Waals surface area contributed by atoms with Crippen LogP contribution in [0.5, 0.6) is 0 Å². The second-order valence-electron chi connectivity index (χ2n) is 4.92. The number of sulfonamides is 1. The maximum Gasteiger partial charge on any atom is 0.214 e. The van der Waals surface area contributed by atoms with E-state index in [1.807, 2.05) is 25.1 Å². The summed E-state index contributed by atoms with van der Waals surface area (Å²) >= 11 is 3.34. The van der Waals surface area contributed by atoms with E-state index in [0.717, 1.165) is 5.69 Å². The third-order valence-electron chi connectivity index (χ3n) is 3.32. The van der Waals surface area contributed by atoms with Gasteiger partial charge in [0.15, 0.2) is 0 Å². The highest BCUT2D eigenvalue weighted by Crippen LogP contribution is 2.18. The summed E-state index contributed by atoms with van der Waals surface area (Å²) in [7, 11) is -3.28. The van der Waals surface area contributed by atoms with Crippen LogP contribution in [0, 0.1) is 0 Å². The zero-order valence-electron chi connectivity index (χ0n) is 11.4. The van der Waals surface area contributed by atoms with E-state index in [9.17, 15) is 8.42 Å². The van der Waals surface area contributed by atoms with E-state index in [0.29, 0.717) is 24.9 Å². The summed E-state index contributed by atoms with van der Waals surface area (Å²) in [4.78, 5) is 4.16. The van der Waals surface area contributed by atoms with Gasteiger partial charge in [-0.25, -0.2) is 8.42 Å². The predicted octanol–water partition coefficient (Wildman–Crippen LogP) is 1.44.